The Kier molecular flexibility index (Phi) is 4.07. The predicted molar refractivity (Wildman–Crippen MR) is 81.5 cm³/mol. The van der Waals surface area contributed by atoms with Crippen LogP contribution in [0.1, 0.15) is 44.7 Å². The molecule has 0 fully saturated rings. The summed E-state index contributed by atoms with van der Waals surface area (Å²) in [6, 6.07) is 6.25. The van der Waals surface area contributed by atoms with Crippen LogP contribution >= 0.6 is 15.9 Å². The SMILES string of the molecule is CC(C)(C)S(=O)N=C1CCCc2cc(Br)ccc21. The molecule has 0 aromatic heterocycles. The lowest BCUT2D eigenvalue weighted by Crippen LogP contribution is -2.22. The monoisotopic (exact) mass is 327 g/mol. The molecule has 1 aliphatic rings. The van der Waals surface area contributed by atoms with Crippen molar-refractivity contribution in [2.45, 2.75) is 44.8 Å². The van der Waals surface area contributed by atoms with Crippen LogP contribution in [-0.2, 0) is 17.4 Å². The van der Waals surface area contributed by atoms with Gasteiger partial charge in [-0.15, -0.1) is 0 Å². The zero-order valence-electron chi connectivity index (χ0n) is 11.0. The van der Waals surface area contributed by atoms with E-state index in [1.165, 1.54) is 11.1 Å². The van der Waals surface area contributed by atoms with Gasteiger partial charge in [0.15, 0.2) is 0 Å². The van der Waals surface area contributed by atoms with Crippen LogP contribution in [0.2, 0.25) is 0 Å². The van der Waals surface area contributed by atoms with E-state index in [1.54, 1.807) is 0 Å². The Hall–Kier alpha value is -0.480. The van der Waals surface area contributed by atoms with Gasteiger partial charge in [0.2, 0.25) is 0 Å². The zero-order valence-corrected chi connectivity index (χ0v) is 13.4. The minimum absolute atomic E-state index is 0.292. The molecule has 1 aromatic rings. The van der Waals surface area contributed by atoms with E-state index in [9.17, 15) is 4.21 Å². The van der Waals surface area contributed by atoms with Gasteiger partial charge in [0.05, 0.1) is 10.5 Å². The van der Waals surface area contributed by atoms with Crippen LogP contribution in [0.3, 0.4) is 0 Å². The molecule has 0 radical (unpaired) electrons. The summed E-state index contributed by atoms with van der Waals surface area (Å²) in [5, 5.41) is 0. The second kappa shape index (κ2) is 5.25. The number of benzene rings is 1. The van der Waals surface area contributed by atoms with Crippen LogP contribution in [0.15, 0.2) is 27.1 Å². The normalized spacial score (nSPS) is 19.7. The highest BCUT2D eigenvalue weighted by molar-refractivity contribution is 9.10. The quantitative estimate of drug-likeness (QED) is 0.765. The van der Waals surface area contributed by atoms with E-state index in [0.29, 0.717) is 0 Å². The second-order valence-corrected chi connectivity index (χ2v) is 8.38. The second-order valence-electron chi connectivity index (χ2n) is 5.55. The van der Waals surface area contributed by atoms with Crippen molar-refractivity contribution in [3.63, 3.8) is 0 Å². The Labute approximate surface area is 120 Å². The fraction of sp³-hybridized carbons (Fsp3) is 0.500. The Morgan fingerprint density at radius 3 is 2.67 bits per heavy atom. The van der Waals surface area contributed by atoms with E-state index >= 15 is 0 Å². The van der Waals surface area contributed by atoms with Crippen molar-refractivity contribution < 1.29 is 4.21 Å². The number of nitrogens with zero attached hydrogens (tertiary/aromatic N) is 1. The van der Waals surface area contributed by atoms with Gasteiger partial charge in [0.1, 0.15) is 11.0 Å². The lowest BCUT2D eigenvalue weighted by Gasteiger charge is -2.20. The van der Waals surface area contributed by atoms with Crippen LogP contribution in [-0.4, -0.2) is 14.7 Å². The molecule has 0 spiro atoms. The summed E-state index contributed by atoms with van der Waals surface area (Å²) >= 11 is 3.49. The maximum atomic E-state index is 12.1. The standard InChI is InChI=1S/C14H18BrNOS/c1-14(2,3)18(17)16-13-6-4-5-10-9-11(15)7-8-12(10)13/h7-9H,4-6H2,1-3H3. The molecule has 0 amide bonds. The van der Waals surface area contributed by atoms with Crippen molar-refractivity contribution in [2.24, 2.45) is 4.40 Å². The number of rotatable bonds is 1. The molecule has 98 valence electrons. The molecule has 1 aliphatic carbocycles. The van der Waals surface area contributed by atoms with Crippen molar-refractivity contribution in [2.75, 3.05) is 0 Å². The number of hydrogen-bond donors (Lipinski definition) is 0. The number of aryl methyl sites for hydroxylation is 1. The van der Waals surface area contributed by atoms with Crippen LogP contribution in [0, 0.1) is 0 Å². The van der Waals surface area contributed by atoms with Crippen LogP contribution in [0.5, 0.6) is 0 Å². The molecular weight excluding hydrogens is 310 g/mol. The maximum absolute atomic E-state index is 12.1. The van der Waals surface area contributed by atoms with Crippen LogP contribution in [0.4, 0.5) is 0 Å². The summed E-state index contributed by atoms with van der Waals surface area (Å²) in [5.41, 5.74) is 3.47. The Bertz CT molecular complexity index is 517. The molecule has 2 nitrogen and oxygen atoms in total. The van der Waals surface area contributed by atoms with Gasteiger partial charge in [-0.3, -0.25) is 0 Å². The first-order valence-electron chi connectivity index (χ1n) is 6.16. The van der Waals surface area contributed by atoms with Crippen LogP contribution < -0.4 is 0 Å². The molecule has 0 bridgehead atoms. The van der Waals surface area contributed by atoms with E-state index in [1.807, 2.05) is 26.8 Å². The third-order valence-electron chi connectivity index (χ3n) is 2.95. The highest BCUT2D eigenvalue weighted by Gasteiger charge is 2.22. The van der Waals surface area contributed by atoms with Gasteiger partial charge in [0, 0.05) is 4.47 Å². The summed E-state index contributed by atoms with van der Waals surface area (Å²) < 4.78 is 17.4. The minimum atomic E-state index is -1.17. The molecule has 0 saturated carbocycles. The lowest BCUT2D eigenvalue weighted by molar-refractivity contribution is 0.650. The molecule has 4 heteroatoms. The molecule has 0 saturated heterocycles. The molecule has 1 atom stereocenters. The van der Waals surface area contributed by atoms with E-state index in [0.717, 1.165) is 29.4 Å². The van der Waals surface area contributed by atoms with Crippen molar-refractivity contribution in [1.82, 2.24) is 0 Å². The first-order valence-corrected chi connectivity index (χ1v) is 8.06. The predicted octanol–water partition coefficient (Wildman–Crippen LogP) is 4.04. The maximum Gasteiger partial charge on any atom is 0.145 e. The van der Waals surface area contributed by atoms with Crippen molar-refractivity contribution in [1.29, 1.82) is 0 Å². The fourth-order valence-corrected chi connectivity index (χ4v) is 3.04. The van der Waals surface area contributed by atoms with Gasteiger partial charge in [0.25, 0.3) is 0 Å². The average Bonchev–Trinajstić information content (AvgIpc) is 2.27. The third-order valence-corrected chi connectivity index (χ3v) is 4.88. The summed E-state index contributed by atoms with van der Waals surface area (Å²) in [6.07, 6.45) is 3.09. The van der Waals surface area contributed by atoms with Gasteiger partial charge in [-0.25, -0.2) is 4.21 Å². The number of halogens is 1. The van der Waals surface area contributed by atoms with Gasteiger partial charge >= 0.3 is 0 Å². The molecule has 1 unspecified atom stereocenters. The van der Waals surface area contributed by atoms with E-state index in [-0.39, 0.29) is 4.75 Å². The average molecular weight is 328 g/mol. The van der Waals surface area contributed by atoms with E-state index in [4.69, 9.17) is 0 Å². The fourth-order valence-electron chi connectivity index (χ4n) is 1.96. The largest absolute Gasteiger partial charge is 0.234 e. The molecule has 2 rings (SSSR count). The number of hydrogen-bond acceptors (Lipinski definition) is 1. The van der Waals surface area contributed by atoms with Crippen LogP contribution in [0.25, 0.3) is 0 Å². The summed E-state index contributed by atoms with van der Waals surface area (Å²) in [7, 11) is -1.17. The van der Waals surface area contributed by atoms with Gasteiger partial charge in [-0.05, 0) is 63.3 Å². The highest BCUT2D eigenvalue weighted by atomic mass is 79.9. The Morgan fingerprint density at radius 1 is 1.28 bits per heavy atom. The molecule has 0 N–H and O–H groups in total. The number of fused-ring (bicyclic) bond motifs is 1. The highest BCUT2D eigenvalue weighted by Crippen LogP contribution is 2.26. The van der Waals surface area contributed by atoms with Crippen molar-refractivity contribution in [3.05, 3.63) is 33.8 Å². The molecular formula is C14H18BrNOS. The smallest absolute Gasteiger partial charge is 0.145 e. The summed E-state index contributed by atoms with van der Waals surface area (Å²) in [6.45, 7) is 5.87. The van der Waals surface area contributed by atoms with Gasteiger partial charge in [-0.1, -0.05) is 22.0 Å². The van der Waals surface area contributed by atoms with E-state index in [2.05, 4.69) is 32.5 Å². The Morgan fingerprint density at radius 2 is 2.00 bits per heavy atom. The molecule has 0 aliphatic heterocycles. The summed E-state index contributed by atoms with van der Waals surface area (Å²) in [5.74, 6) is 0. The zero-order chi connectivity index (χ0) is 13.3. The molecule has 18 heavy (non-hydrogen) atoms. The topological polar surface area (TPSA) is 29.4 Å². The summed E-state index contributed by atoms with van der Waals surface area (Å²) in [4.78, 5) is 0. The molecule has 1 aromatic carbocycles. The molecule has 0 heterocycles. The minimum Gasteiger partial charge on any atom is -0.234 e. The first kappa shape index (κ1) is 13.9. The van der Waals surface area contributed by atoms with Gasteiger partial charge < -0.3 is 0 Å². The third kappa shape index (κ3) is 3.09. The van der Waals surface area contributed by atoms with Crippen molar-refractivity contribution in [3.8, 4) is 0 Å². The van der Waals surface area contributed by atoms with Crippen molar-refractivity contribution >= 4 is 32.6 Å². The lowest BCUT2D eigenvalue weighted by atomic mass is 9.90. The Balaban J connectivity index is 2.39. The first-order chi connectivity index (χ1) is 8.38. The van der Waals surface area contributed by atoms with Gasteiger partial charge in [-0.2, -0.15) is 4.40 Å². The van der Waals surface area contributed by atoms with E-state index < -0.39 is 11.0 Å².